The van der Waals surface area contributed by atoms with E-state index in [0.29, 0.717) is 18.0 Å². The number of rotatable bonds is 5. The minimum Gasteiger partial charge on any atom is -0.496 e. The quantitative estimate of drug-likeness (QED) is 0.860. The van der Waals surface area contributed by atoms with E-state index in [4.69, 9.17) is 4.74 Å². The fraction of sp³-hybridized carbons (Fsp3) is 0.400. The first-order chi connectivity index (χ1) is 12.4. The molecule has 6 heteroatoms. The number of nitrogens with zero attached hydrogens (tertiary/aromatic N) is 1. The molecule has 1 aliphatic rings. The molecule has 1 aliphatic heterocycles. The number of aryl methyl sites for hydroxylation is 2. The van der Waals surface area contributed by atoms with Crippen LogP contribution in [-0.4, -0.2) is 46.0 Å². The molecule has 1 heterocycles. The van der Waals surface area contributed by atoms with Gasteiger partial charge in [-0.25, -0.2) is 8.42 Å². The molecule has 1 fully saturated rings. The maximum atomic E-state index is 13.1. The van der Waals surface area contributed by atoms with Gasteiger partial charge in [-0.15, -0.1) is 0 Å². The molecule has 0 atom stereocenters. The summed E-state index contributed by atoms with van der Waals surface area (Å²) in [5.74, 6) is 0.721. The van der Waals surface area contributed by atoms with Gasteiger partial charge in [0.15, 0.2) is 0 Å². The molecule has 5 nitrogen and oxygen atoms in total. The van der Waals surface area contributed by atoms with Gasteiger partial charge in [-0.3, -0.25) is 0 Å². The summed E-state index contributed by atoms with van der Waals surface area (Å²) in [4.78, 5) is 1.81. The zero-order valence-corrected chi connectivity index (χ0v) is 16.5. The van der Waals surface area contributed by atoms with Crippen molar-refractivity contribution in [2.75, 3.05) is 33.3 Å². The van der Waals surface area contributed by atoms with Crippen molar-refractivity contribution < 1.29 is 18.1 Å². The van der Waals surface area contributed by atoms with E-state index in [-0.39, 0.29) is 0 Å². The Hall–Kier alpha value is -1.89. The molecule has 0 unspecified atom stereocenters. The second kappa shape index (κ2) is 7.78. The Balaban J connectivity index is 1.71. The van der Waals surface area contributed by atoms with E-state index >= 15 is 0 Å². The van der Waals surface area contributed by atoms with Crippen LogP contribution in [-0.2, 0) is 16.6 Å². The van der Waals surface area contributed by atoms with Crippen molar-refractivity contribution in [1.29, 1.82) is 0 Å². The van der Waals surface area contributed by atoms with E-state index in [1.807, 2.05) is 32.0 Å². The Labute approximate surface area is 156 Å². The molecule has 1 N–H and O–H groups in total. The lowest BCUT2D eigenvalue weighted by atomic mass is 10.1. The molecule has 2 aromatic rings. The Kier molecular flexibility index (Phi) is 5.65. The number of methoxy groups -OCH3 is 1. The zero-order chi connectivity index (χ0) is 18.7. The van der Waals surface area contributed by atoms with Crippen molar-refractivity contribution in [3.8, 4) is 5.75 Å². The van der Waals surface area contributed by atoms with Crippen LogP contribution in [0.15, 0.2) is 47.4 Å². The first kappa shape index (κ1) is 18.9. The summed E-state index contributed by atoms with van der Waals surface area (Å²) >= 11 is 0. The van der Waals surface area contributed by atoms with Crippen molar-refractivity contribution in [2.24, 2.45) is 0 Å². The highest BCUT2D eigenvalue weighted by Gasteiger charge is 2.31. The normalized spacial score (nSPS) is 16.6. The lowest BCUT2D eigenvalue weighted by molar-refractivity contribution is -0.917. The lowest BCUT2D eigenvalue weighted by Crippen LogP contribution is -3.13. The zero-order valence-electron chi connectivity index (χ0n) is 15.7. The van der Waals surface area contributed by atoms with Gasteiger partial charge in [-0.2, -0.15) is 4.31 Å². The smallest absolute Gasteiger partial charge is 0.243 e. The highest BCUT2D eigenvalue weighted by atomic mass is 32.2. The summed E-state index contributed by atoms with van der Waals surface area (Å²) in [6, 6.07) is 13.9. The minimum absolute atomic E-state index is 0.391. The lowest BCUT2D eigenvalue weighted by Gasteiger charge is -2.32. The third-order valence-corrected chi connectivity index (χ3v) is 7.08. The second-order valence-electron chi connectivity index (χ2n) is 6.90. The Morgan fingerprint density at radius 3 is 2.31 bits per heavy atom. The van der Waals surface area contributed by atoms with Crippen LogP contribution in [0.3, 0.4) is 0 Å². The van der Waals surface area contributed by atoms with Crippen molar-refractivity contribution in [3.05, 3.63) is 59.2 Å². The molecule has 2 aromatic carbocycles. The number of nitrogens with one attached hydrogen (secondary N) is 1. The van der Waals surface area contributed by atoms with Crippen molar-refractivity contribution in [2.45, 2.75) is 25.3 Å². The van der Waals surface area contributed by atoms with Gasteiger partial charge >= 0.3 is 0 Å². The minimum atomic E-state index is -3.47. The largest absolute Gasteiger partial charge is 0.496 e. The summed E-state index contributed by atoms with van der Waals surface area (Å²) in [6.45, 7) is 7.38. The number of benzene rings is 2. The average Bonchev–Trinajstić information content (AvgIpc) is 2.64. The predicted octanol–water partition coefficient (Wildman–Crippen LogP) is 1.40. The SMILES string of the molecule is COc1cc(C)c(S(=O)(=O)N2CC[NH+](Cc3ccccc3)CC2)cc1C. The summed E-state index contributed by atoms with van der Waals surface area (Å²) < 4.78 is 33.1. The standard InChI is InChI=1S/C20H26N2O3S/c1-16-14-20(17(2)13-19(16)25-3)26(23,24)22-11-9-21(10-12-22)15-18-7-5-4-6-8-18/h4-8,13-14H,9-12,15H2,1-3H3/p+1. The summed E-state index contributed by atoms with van der Waals surface area (Å²) in [5.41, 5.74) is 2.86. The fourth-order valence-electron chi connectivity index (χ4n) is 3.50. The highest BCUT2D eigenvalue weighted by molar-refractivity contribution is 7.89. The molecule has 0 aliphatic carbocycles. The van der Waals surface area contributed by atoms with Crippen LogP contribution in [0.2, 0.25) is 0 Å². The molecule has 0 bridgehead atoms. The van der Waals surface area contributed by atoms with Crippen LogP contribution in [0.5, 0.6) is 5.75 Å². The number of hydrogen-bond acceptors (Lipinski definition) is 3. The van der Waals surface area contributed by atoms with Crippen LogP contribution in [0, 0.1) is 13.8 Å². The number of hydrogen-bond donors (Lipinski definition) is 1. The molecule has 0 saturated carbocycles. The highest BCUT2D eigenvalue weighted by Crippen LogP contribution is 2.27. The van der Waals surface area contributed by atoms with Crippen molar-refractivity contribution in [3.63, 3.8) is 0 Å². The van der Waals surface area contributed by atoms with Crippen molar-refractivity contribution >= 4 is 10.0 Å². The maximum absolute atomic E-state index is 13.1. The summed E-state index contributed by atoms with van der Waals surface area (Å²) in [6.07, 6.45) is 0. The van der Waals surface area contributed by atoms with Gasteiger partial charge in [0, 0.05) is 5.56 Å². The first-order valence-electron chi connectivity index (χ1n) is 8.94. The van der Waals surface area contributed by atoms with E-state index in [2.05, 4.69) is 12.1 Å². The Morgan fingerprint density at radius 2 is 1.69 bits per heavy atom. The number of quaternary nitrogens is 1. The Morgan fingerprint density at radius 1 is 1.04 bits per heavy atom. The van der Waals surface area contributed by atoms with E-state index < -0.39 is 10.0 Å². The van der Waals surface area contributed by atoms with Gasteiger partial charge in [0.2, 0.25) is 10.0 Å². The van der Waals surface area contributed by atoms with Gasteiger partial charge in [-0.05, 0) is 37.1 Å². The van der Waals surface area contributed by atoms with Gasteiger partial charge in [-0.1, -0.05) is 30.3 Å². The first-order valence-corrected chi connectivity index (χ1v) is 10.4. The number of piperazine rings is 1. The van der Waals surface area contributed by atoms with E-state index in [9.17, 15) is 8.42 Å². The third-order valence-electron chi connectivity index (χ3n) is 5.04. The molecule has 0 radical (unpaired) electrons. The van der Waals surface area contributed by atoms with Crippen LogP contribution >= 0.6 is 0 Å². The fourth-order valence-corrected chi connectivity index (χ4v) is 5.24. The topological polar surface area (TPSA) is 51.1 Å². The average molecular weight is 376 g/mol. The van der Waals surface area contributed by atoms with Gasteiger partial charge in [0.05, 0.1) is 38.2 Å². The molecular weight excluding hydrogens is 348 g/mol. The summed E-state index contributed by atoms with van der Waals surface area (Å²) in [5, 5.41) is 0. The van der Waals surface area contributed by atoms with Gasteiger partial charge in [0.1, 0.15) is 12.3 Å². The molecule has 0 aromatic heterocycles. The van der Waals surface area contributed by atoms with Gasteiger partial charge in [0.25, 0.3) is 0 Å². The maximum Gasteiger partial charge on any atom is 0.243 e. The molecule has 0 spiro atoms. The molecule has 1 saturated heterocycles. The molecule has 26 heavy (non-hydrogen) atoms. The number of ether oxygens (including phenoxy) is 1. The van der Waals surface area contributed by atoms with Crippen molar-refractivity contribution in [1.82, 2.24) is 4.31 Å². The van der Waals surface area contributed by atoms with E-state index in [0.717, 1.165) is 36.5 Å². The molecule has 140 valence electrons. The summed E-state index contributed by atoms with van der Waals surface area (Å²) in [7, 11) is -1.87. The van der Waals surface area contributed by atoms with Crippen LogP contribution < -0.4 is 9.64 Å². The second-order valence-corrected chi connectivity index (χ2v) is 8.81. The molecule has 3 rings (SSSR count). The monoisotopic (exact) mass is 375 g/mol. The van der Waals surface area contributed by atoms with Crippen LogP contribution in [0.1, 0.15) is 16.7 Å². The Bertz CT molecular complexity index is 858. The van der Waals surface area contributed by atoms with Crippen LogP contribution in [0.4, 0.5) is 0 Å². The van der Waals surface area contributed by atoms with Gasteiger partial charge < -0.3 is 9.64 Å². The van der Waals surface area contributed by atoms with E-state index in [1.54, 1.807) is 23.5 Å². The molecular formula is C20H27N2O3S+. The van der Waals surface area contributed by atoms with Crippen LogP contribution in [0.25, 0.3) is 0 Å². The molecule has 0 amide bonds. The predicted molar refractivity (Wildman–Crippen MR) is 102 cm³/mol. The third kappa shape index (κ3) is 3.92. The van der Waals surface area contributed by atoms with E-state index in [1.165, 1.54) is 10.5 Å². The number of sulfonamides is 1.